The van der Waals surface area contributed by atoms with E-state index in [-0.39, 0.29) is 11.5 Å². The van der Waals surface area contributed by atoms with Gasteiger partial charge in [0.15, 0.2) is 6.23 Å². The van der Waals surface area contributed by atoms with Gasteiger partial charge in [0.1, 0.15) is 0 Å². The highest BCUT2D eigenvalue weighted by Gasteiger charge is 2.18. The highest BCUT2D eigenvalue weighted by Crippen LogP contribution is 2.25. The lowest BCUT2D eigenvalue weighted by Crippen LogP contribution is -2.27. The van der Waals surface area contributed by atoms with Crippen molar-refractivity contribution in [3.8, 4) is 0 Å². The summed E-state index contributed by atoms with van der Waals surface area (Å²) in [5.41, 5.74) is 1.09. The molecular weight excluding hydrogens is 404 g/mol. The monoisotopic (exact) mass is 426 g/mol. The second kappa shape index (κ2) is 9.13. The molecule has 2 aromatic carbocycles. The van der Waals surface area contributed by atoms with Crippen molar-refractivity contribution in [2.75, 3.05) is 5.32 Å². The molecule has 30 heavy (non-hydrogen) atoms. The van der Waals surface area contributed by atoms with E-state index in [2.05, 4.69) is 5.32 Å². The number of ether oxygens (including phenoxy) is 1. The number of halogens is 1. The number of carbonyl (C=O) groups excluding carboxylic acids is 2. The van der Waals surface area contributed by atoms with Crippen LogP contribution in [0.3, 0.4) is 0 Å². The molecule has 0 aliphatic heterocycles. The van der Waals surface area contributed by atoms with Crippen molar-refractivity contribution >= 4 is 39.9 Å². The van der Waals surface area contributed by atoms with Gasteiger partial charge in [-0.05, 0) is 42.8 Å². The highest BCUT2D eigenvalue weighted by molar-refractivity contribution is 6.30. The molecule has 1 aromatic heterocycles. The highest BCUT2D eigenvalue weighted by atomic mass is 35.5. The van der Waals surface area contributed by atoms with Crippen LogP contribution >= 0.6 is 11.6 Å². The molecule has 0 spiro atoms. The molecule has 0 aliphatic rings. The SMILES string of the molecule is CC[C@H](OC(C)=O)n1ccc2c(NC(=O)C(C)c3ccc(Cl)cc3)cccc2c1=O. The van der Waals surface area contributed by atoms with Gasteiger partial charge in [0.2, 0.25) is 5.91 Å². The van der Waals surface area contributed by atoms with Crippen molar-refractivity contribution in [2.45, 2.75) is 39.3 Å². The van der Waals surface area contributed by atoms with Crippen LogP contribution in [0.25, 0.3) is 10.8 Å². The number of aromatic nitrogens is 1. The summed E-state index contributed by atoms with van der Waals surface area (Å²) in [5, 5.41) is 4.57. The number of amides is 1. The van der Waals surface area contributed by atoms with Crippen molar-refractivity contribution in [3.05, 3.63) is 75.7 Å². The average Bonchev–Trinajstić information content (AvgIpc) is 2.73. The summed E-state index contributed by atoms with van der Waals surface area (Å²) in [6, 6.07) is 14.0. The van der Waals surface area contributed by atoms with Gasteiger partial charge in [-0.1, -0.05) is 36.7 Å². The van der Waals surface area contributed by atoms with Crippen LogP contribution in [0.4, 0.5) is 5.69 Å². The first kappa shape index (κ1) is 21.6. The molecule has 1 amide bonds. The van der Waals surface area contributed by atoms with E-state index in [0.717, 1.165) is 5.56 Å². The van der Waals surface area contributed by atoms with E-state index in [9.17, 15) is 14.4 Å². The second-order valence-electron chi connectivity index (χ2n) is 7.03. The predicted molar refractivity (Wildman–Crippen MR) is 118 cm³/mol. The van der Waals surface area contributed by atoms with Gasteiger partial charge in [-0.15, -0.1) is 0 Å². The van der Waals surface area contributed by atoms with E-state index in [1.54, 1.807) is 42.6 Å². The number of esters is 1. The first-order valence-electron chi connectivity index (χ1n) is 9.69. The molecule has 0 bridgehead atoms. The number of pyridine rings is 1. The van der Waals surface area contributed by atoms with E-state index in [4.69, 9.17) is 16.3 Å². The second-order valence-corrected chi connectivity index (χ2v) is 7.47. The first-order chi connectivity index (χ1) is 14.3. The van der Waals surface area contributed by atoms with Gasteiger partial charge >= 0.3 is 5.97 Å². The zero-order chi connectivity index (χ0) is 21.8. The fourth-order valence-electron chi connectivity index (χ4n) is 3.30. The lowest BCUT2D eigenvalue weighted by molar-refractivity contribution is -0.151. The van der Waals surface area contributed by atoms with Crippen molar-refractivity contribution in [1.82, 2.24) is 4.57 Å². The molecule has 0 saturated heterocycles. The Morgan fingerprint density at radius 2 is 1.80 bits per heavy atom. The van der Waals surface area contributed by atoms with Crippen LogP contribution in [-0.4, -0.2) is 16.4 Å². The number of anilines is 1. The van der Waals surface area contributed by atoms with E-state index in [0.29, 0.717) is 27.9 Å². The molecule has 156 valence electrons. The predicted octanol–water partition coefficient (Wildman–Crippen LogP) is 4.87. The molecule has 6 nitrogen and oxygen atoms in total. The third-order valence-corrected chi connectivity index (χ3v) is 5.21. The van der Waals surface area contributed by atoms with E-state index >= 15 is 0 Å². The quantitative estimate of drug-likeness (QED) is 0.570. The minimum atomic E-state index is -0.678. The fraction of sp³-hybridized carbons (Fsp3) is 0.261. The van der Waals surface area contributed by atoms with E-state index in [1.807, 2.05) is 26.0 Å². The molecule has 0 saturated carbocycles. The van der Waals surface area contributed by atoms with Crippen LogP contribution in [-0.2, 0) is 14.3 Å². The van der Waals surface area contributed by atoms with Gasteiger partial charge in [0.25, 0.3) is 5.56 Å². The van der Waals surface area contributed by atoms with E-state index in [1.165, 1.54) is 11.5 Å². The molecule has 2 atom stereocenters. The zero-order valence-corrected chi connectivity index (χ0v) is 17.8. The molecule has 1 heterocycles. The normalized spacial score (nSPS) is 12.9. The Balaban J connectivity index is 1.93. The Kier molecular flexibility index (Phi) is 6.57. The Morgan fingerprint density at radius 1 is 1.10 bits per heavy atom. The Morgan fingerprint density at radius 3 is 2.43 bits per heavy atom. The lowest BCUT2D eigenvalue weighted by Gasteiger charge is -2.19. The first-order valence-corrected chi connectivity index (χ1v) is 10.1. The maximum absolute atomic E-state index is 13.0. The van der Waals surface area contributed by atoms with Crippen LogP contribution < -0.4 is 10.9 Å². The molecule has 3 aromatic rings. The van der Waals surface area contributed by atoms with Gasteiger partial charge in [-0.25, -0.2) is 0 Å². The van der Waals surface area contributed by atoms with Gasteiger partial charge < -0.3 is 10.1 Å². The maximum Gasteiger partial charge on any atom is 0.304 e. The van der Waals surface area contributed by atoms with Crippen LogP contribution in [0.1, 0.15) is 44.9 Å². The number of fused-ring (bicyclic) bond motifs is 1. The van der Waals surface area contributed by atoms with Crippen molar-refractivity contribution < 1.29 is 14.3 Å². The summed E-state index contributed by atoms with van der Waals surface area (Å²) in [6.07, 6.45) is 1.36. The summed E-state index contributed by atoms with van der Waals surface area (Å²) in [7, 11) is 0. The largest absolute Gasteiger partial charge is 0.441 e. The minimum Gasteiger partial charge on any atom is -0.441 e. The molecule has 1 N–H and O–H groups in total. The van der Waals surface area contributed by atoms with Gasteiger partial charge in [0.05, 0.1) is 5.92 Å². The number of nitrogens with zero attached hydrogens (tertiary/aromatic N) is 1. The molecule has 7 heteroatoms. The third kappa shape index (κ3) is 4.54. The third-order valence-electron chi connectivity index (χ3n) is 4.96. The standard InChI is InChI=1S/C23H23ClN2O4/c1-4-21(30-15(3)27)26-13-12-18-19(23(26)29)6-5-7-20(18)25-22(28)14(2)16-8-10-17(24)11-9-16/h5-14,21H,4H2,1-3H3,(H,25,28)/t14?,21-/m0/s1. The average molecular weight is 427 g/mol. The summed E-state index contributed by atoms with van der Waals surface area (Å²) in [6.45, 7) is 4.95. The minimum absolute atomic E-state index is 0.194. The molecule has 3 rings (SSSR count). The summed E-state index contributed by atoms with van der Waals surface area (Å²) < 4.78 is 6.64. The molecule has 0 radical (unpaired) electrons. The lowest BCUT2D eigenvalue weighted by atomic mass is 10.00. The van der Waals surface area contributed by atoms with Gasteiger partial charge in [-0.3, -0.25) is 19.0 Å². The summed E-state index contributed by atoms with van der Waals surface area (Å²) >= 11 is 5.92. The number of hydrogen-bond acceptors (Lipinski definition) is 4. The Labute approximate surface area is 179 Å². The van der Waals surface area contributed by atoms with Crippen LogP contribution in [0.5, 0.6) is 0 Å². The van der Waals surface area contributed by atoms with Crippen molar-refractivity contribution in [3.63, 3.8) is 0 Å². The number of benzene rings is 2. The molecule has 1 unspecified atom stereocenters. The van der Waals surface area contributed by atoms with Crippen LogP contribution in [0.15, 0.2) is 59.5 Å². The smallest absolute Gasteiger partial charge is 0.304 e. The maximum atomic E-state index is 13.0. The van der Waals surface area contributed by atoms with Gasteiger partial charge in [-0.2, -0.15) is 0 Å². The number of hydrogen-bond donors (Lipinski definition) is 1. The van der Waals surface area contributed by atoms with Crippen molar-refractivity contribution in [1.29, 1.82) is 0 Å². The number of nitrogens with one attached hydrogen (secondary N) is 1. The zero-order valence-electron chi connectivity index (χ0n) is 17.0. The van der Waals surface area contributed by atoms with Crippen LogP contribution in [0.2, 0.25) is 5.02 Å². The molecule has 0 fully saturated rings. The van der Waals surface area contributed by atoms with Crippen molar-refractivity contribution in [2.24, 2.45) is 0 Å². The van der Waals surface area contributed by atoms with E-state index < -0.39 is 18.1 Å². The number of carbonyl (C=O) groups is 2. The molecule has 0 aliphatic carbocycles. The topological polar surface area (TPSA) is 77.4 Å². The number of rotatable bonds is 6. The molecular formula is C23H23ClN2O4. The summed E-state index contributed by atoms with van der Waals surface area (Å²) in [4.78, 5) is 37.1. The Bertz CT molecular complexity index is 1140. The Hall–Kier alpha value is -3.12. The summed E-state index contributed by atoms with van der Waals surface area (Å²) in [5.74, 6) is -1.04. The fourth-order valence-corrected chi connectivity index (χ4v) is 3.43. The van der Waals surface area contributed by atoms with Crippen LogP contribution in [0, 0.1) is 0 Å². The van der Waals surface area contributed by atoms with Gasteiger partial charge in [0, 0.05) is 41.0 Å².